The Labute approximate surface area is 267 Å². The first-order valence-electron chi connectivity index (χ1n) is 14.5. The average molecular weight is 638 g/mol. The Bertz CT molecular complexity index is 1540. The van der Waals surface area contributed by atoms with Crippen LogP contribution >= 0.6 is 0 Å². The molecule has 0 aliphatic rings. The number of para-hydroxylation sites is 1. The van der Waals surface area contributed by atoms with E-state index in [-0.39, 0.29) is 24.3 Å². The Morgan fingerprint density at radius 2 is 1.78 bits per heavy atom. The van der Waals surface area contributed by atoms with Crippen LogP contribution < -0.4 is 20.1 Å². The quantitative estimate of drug-likeness (QED) is 0.158. The maximum Gasteiger partial charge on any atom is 0.156 e. The number of β-amino-alcohol motifs (C(OH)–C–C–N with tert-alkyl or cyclic N) is 1. The van der Waals surface area contributed by atoms with Gasteiger partial charge in [-0.05, 0) is 46.8 Å². The monoisotopic (exact) mass is 637 g/mol. The van der Waals surface area contributed by atoms with E-state index in [0.717, 1.165) is 5.69 Å². The molecule has 2 atom stereocenters. The lowest BCUT2D eigenvalue weighted by atomic mass is 10.1. The summed E-state index contributed by atoms with van der Waals surface area (Å²) >= 11 is 0. The zero-order chi connectivity index (χ0) is 33.1. The summed E-state index contributed by atoms with van der Waals surface area (Å²) in [6.07, 6.45) is -0.671. The van der Waals surface area contributed by atoms with Crippen LogP contribution in [0.15, 0.2) is 57.6 Å². The van der Waals surface area contributed by atoms with Gasteiger partial charge in [0.15, 0.2) is 11.6 Å². The van der Waals surface area contributed by atoms with Gasteiger partial charge in [0.25, 0.3) is 0 Å². The maximum absolute atomic E-state index is 13.4. The highest BCUT2D eigenvalue weighted by molar-refractivity contribution is 7.85. The molecule has 4 N–H and O–H groups in total. The molecule has 2 aromatic carbocycles. The lowest BCUT2D eigenvalue weighted by Crippen LogP contribution is -2.45. The van der Waals surface area contributed by atoms with E-state index in [1.54, 1.807) is 26.0 Å². The summed E-state index contributed by atoms with van der Waals surface area (Å²) in [6.45, 7) is 10.7. The van der Waals surface area contributed by atoms with Crippen molar-refractivity contribution in [2.75, 3.05) is 56.8 Å². The first-order valence-corrected chi connectivity index (χ1v) is 15.9. The normalized spacial score (nSPS) is 13.0. The van der Waals surface area contributed by atoms with Gasteiger partial charge in [-0.2, -0.15) is 5.26 Å². The lowest BCUT2D eigenvalue weighted by Gasteiger charge is -2.35. The van der Waals surface area contributed by atoms with Gasteiger partial charge in [0.2, 0.25) is 0 Å². The summed E-state index contributed by atoms with van der Waals surface area (Å²) in [5.41, 5.74) is 2.00. The largest absolute Gasteiger partial charge is 0.495 e. The third-order valence-corrected chi connectivity index (χ3v) is 8.32. The van der Waals surface area contributed by atoms with Gasteiger partial charge in [-0.25, -0.2) is 4.98 Å². The molecule has 3 aromatic rings. The molecule has 0 spiro atoms. The zero-order valence-electron chi connectivity index (χ0n) is 26.9. The molecule has 0 radical (unpaired) electrons. The minimum absolute atomic E-state index is 0.00807. The molecule has 242 valence electrons. The number of azo groups is 1. The fourth-order valence-corrected chi connectivity index (χ4v) is 5.70. The molecule has 2 unspecified atom stereocenters. The summed E-state index contributed by atoms with van der Waals surface area (Å²) in [4.78, 5) is 7.16. The van der Waals surface area contributed by atoms with E-state index < -0.39 is 16.9 Å². The Balaban J connectivity index is 2.01. The smallest absolute Gasteiger partial charge is 0.156 e. The van der Waals surface area contributed by atoms with Crippen molar-refractivity contribution in [1.82, 2.24) is 9.88 Å². The molecule has 0 saturated carbocycles. The van der Waals surface area contributed by atoms with Gasteiger partial charge >= 0.3 is 0 Å². The van der Waals surface area contributed by atoms with Crippen molar-refractivity contribution in [3.63, 3.8) is 0 Å². The van der Waals surface area contributed by atoms with Crippen molar-refractivity contribution < 1.29 is 23.9 Å². The fourth-order valence-electron chi connectivity index (χ4n) is 4.49. The van der Waals surface area contributed by atoms with E-state index in [2.05, 4.69) is 36.8 Å². The summed E-state index contributed by atoms with van der Waals surface area (Å²) in [6, 6.07) is 14.8. The SMILES string of the molecule is COc1cc(S(=O)CCN(CCO)C(C)(C)C)c(OC)cc1N=Nc1c(NCC(C)O)nc(Nc2ccccc2)c(C#N)c1C. The molecule has 0 saturated heterocycles. The number of nitriles is 1. The summed E-state index contributed by atoms with van der Waals surface area (Å²) in [7, 11) is 1.53. The second kappa shape index (κ2) is 16.3. The number of aliphatic hydroxyl groups is 2. The molecule has 1 aromatic heterocycles. The van der Waals surface area contributed by atoms with Crippen LogP contribution in [0.4, 0.5) is 28.7 Å². The molecule has 0 aliphatic heterocycles. The van der Waals surface area contributed by atoms with Gasteiger partial charge in [-0.3, -0.25) is 9.11 Å². The van der Waals surface area contributed by atoms with Crippen LogP contribution in [-0.2, 0) is 10.8 Å². The van der Waals surface area contributed by atoms with Crippen LogP contribution in [0.5, 0.6) is 11.5 Å². The summed E-state index contributed by atoms with van der Waals surface area (Å²) < 4.78 is 24.6. The van der Waals surface area contributed by atoms with Crippen LogP contribution in [-0.4, -0.2) is 82.2 Å². The van der Waals surface area contributed by atoms with Gasteiger partial charge in [-0.1, -0.05) is 18.2 Å². The van der Waals surface area contributed by atoms with E-state index in [1.165, 1.54) is 14.2 Å². The Morgan fingerprint density at radius 1 is 1.09 bits per heavy atom. The van der Waals surface area contributed by atoms with Crippen molar-refractivity contribution in [2.45, 2.75) is 51.2 Å². The third kappa shape index (κ3) is 9.45. The number of benzene rings is 2. The number of methoxy groups -OCH3 is 2. The predicted octanol–water partition coefficient (Wildman–Crippen LogP) is 5.43. The molecule has 0 amide bonds. The van der Waals surface area contributed by atoms with E-state index in [9.17, 15) is 19.7 Å². The second-order valence-electron chi connectivity index (χ2n) is 11.3. The van der Waals surface area contributed by atoms with Crippen molar-refractivity contribution >= 4 is 39.5 Å². The minimum Gasteiger partial charge on any atom is -0.495 e. The number of nitrogens with zero attached hydrogens (tertiary/aromatic N) is 5. The number of anilines is 3. The number of rotatable bonds is 15. The molecule has 0 aliphatic carbocycles. The average Bonchev–Trinajstić information content (AvgIpc) is 3.01. The van der Waals surface area contributed by atoms with Gasteiger partial charge in [-0.15, -0.1) is 10.2 Å². The molecule has 0 bridgehead atoms. The van der Waals surface area contributed by atoms with Gasteiger partial charge in [0.05, 0.1) is 48.2 Å². The number of aliphatic hydroxyl groups excluding tert-OH is 2. The molecule has 12 nitrogen and oxygen atoms in total. The van der Waals surface area contributed by atoms with Gasteiger partial charge < -0.3 is 30.3 Å². The van der Waals surface area contributed by atoms with Crippen molar-refractivity contribution in [3.8, 4) is 17.6 Å². The predicted molar refractivity (Wildman–Crippen MR) is 177 cm³/mol. The standard InChI is InChI=1S/C32H43N7O5S/c1-21(41)20-34-31-29(22(2)24(19-33)30(36-31)35-23-11-9-8-10-12-23)38-37-25-17-27(44-7)28(18-26(25)43-6)45(42)16-14-39(13-15-40)32(3,4)5/h8-12,17-18,21,40-41H,13-16,20H2,1-7H3,(H2,34,35,36). The number of ether oxygens (including phenoxy) is 2. The Kier molecular flexibility index (Phi) is 12.8. The molecule has 45 heavy (non-hydrogen) atoms. The van der Waals surface area contributed by atoms with Crippen LogP contribution in [0, 0.1) is 18.3 Å². The topological polar surface area (TPSA) is 165 Å². The van der Waals surface area contributed by atoms with E-state index in [4.69, 9.17) is 9.47 Å². The molecule has 13 heteroatoms. The van der Waals surface area contributed by atoms with Crippen molar-refractivity contribution in [3.05, 3.63) is 53.6 Å². The molecule has 1 heterocycles. The zero-order valence-corrected chi connectivity index (χ0v) is 27.7. The summed E-state index contributed by atoms with van der Waals surface area (Å²) in [5.74, 6) is 1.67. The Hall–Kier alpha value is -4.09. The van der Waals surface area contributed by atoms with E-state index >= 15 is 0 Å². The number of hydrogen-bond donors (Lipinski definition) is 4. The fraction of sp³-hybridized carbons (Fsp3) is 0.438. The highest BCUT2D eigenvalue weighted by Crippen LogP contribution is 2.40. The number of nitrogens with one attached hydrogen (secondary N) is 2. The molecule has 3 rings (SSSR count). The van der Waals surface area contributed by atoms with Crippen LogP contribution in [0.1, 0.15) is 38.8 Å². The molecular formula is C32H43N7O5S. The van der Waals surface area contributed by atoms with Crippen LogP contribution in [0.25, 0.3) is 0 Å². The lowest BCUT2D eigenvalue weighted by molar-refractivity contribution is 0.113. The van der Waals surface area contributed by atoms with Crippen LogP contribution in [0.2, 0.25) is 0 Å². The highest BCUT2D eigenvalue weighted by atomic mass is 32.2. The Morgan fingerprint density at radius 3 is 2.36 bits per heavy atom. The molecular weight excluding hydrogens is 594 g/mol. The molecule has 0 fully saturated rings. The van der Waals surface area contributed by atoms with Gasteiger partial charge in [0.1, 0.15) is 28.9 Å². The van der Waals surface area contributed by atoms with E-state index in [0.29, 0.717) is 63.8 Å². The summed E-state index contributed by atoms with van der Waals surface area (Å²) in [5, 5.41) is 44.7. The minimum atomic E-state index is -1.44. The van der Waals surface area contributed by atoms with Crippen molar-refractivity contribution in [2.24, 2.45) is 10.2 Å². The van der Waals surface area contributed by atoms with Crippen molar-refractivity contribution in [1.29, 1.82) is 5.26 Å². The first kappa shape index (κ1) is 35.4. The second-order valence-corrected chi connectivity index (χ2v) is 12.8. The number of aromatic nitrogens is 1. The maximum atomic E-state index is 13.4. The van der Waals surface area contributed by atoms with Gasteiger partial charge in [0, 0.05) is 54.3 Å². The number of pyridine rings is 1. The van der Waals surface area contributed by atoms with E-state index in [1.807, 2.05) is 51.1 Å². The van der Waals surface area contributed by atoms with Crippen LogP contribution in [0.3, 0.4) is 0 Å². The highest BCUT2D eigenvalue weighted by Gasteiger charge is 2.23. The first-order chi connectivity index (χ1) is 21.4. The number of hydrogen-bond acceptors (Lipinski definition) is 12. The third-order valence-electron chi connectivity index (χ3n) is 6.96.